The topological polar surface area (TPSA) is 56.2 Å². The summed E-state index contributed by atoms with van der Waals surface area (Å²) in [7, 11) is 1.85. The maximum Gasteiger partial charge on any atom is 0.326 e. The van der Waals surface area contributed by atoms with Gasteiger partial charge in [-0.05, 0) is 20.9 Å². The number of carbonyl (C=O) groups is 1. The summed E-state index contributed by atoms with van der Waals surface area (Å²) in [6.07, 6.45) is 3.39. The fraction of sp³-hybridized carbons (Fsp3) is 0.600. The zero-order chi connectivity index (χ0) is 11.3. The molecule has 0 aliphatic rings. The Morgan fingerprint density at radius 3 is 3.00 bits per heavy atom. The van der Waals surface area contributed by atoms with E-state index in [1.54, 1.807) is 10.9 Å². The number of esters is 1. The van der Waals surface area contributed by atoms with Crippen LogP contribution in [0.1, 0.15) is 19.5 Å². The lowest BCUT2D eigenvalue weighted by Crippen LogP contribution is -2.16. The van der Waals surface area contributed by atoms with Gasteiger partial charge < -0.3 is 14.6 Å². The maximum atomic E-state index is 11.3. The zero-order valence-electron chi connectivity index (χ0n) is 9.36. The second kappa shape index (κ2) is 5.50. The molecule has 0 aromatic carbocycles. The van der Waals surface area contributed by atoms with E-state index in [0.29, 0.717) is 6.54 Å². The largest absolute Gasteiger partial charge is 0.462 e. The number of hydrogen-bond donors (Lipinski definition) is 1. The highest BCUT2D eigenvalue weighted by molar-refractivity contribution is 5.69. The smallest absolute Gasteiger partial charge is 0.326 e. The first kappa shape index (κ1) is 11.7. The summed E-state index contributed by atoms with van der Waals surface area (Å²) < 4.78 is 6.74. The third-order valence-electron chi connectivity index (χ3n) is 1.72. The Balaban J connectivity index is 2.46. The van der Waals surface area contributed by atoms with Crippen LogP contribution >= 0.6 is 0 Å². The van der Waals surface area contributed by atoms with Gasteiger partial charge in [0.05, 0.1) is 18.1 Å². The lowest BCUT2D eigenvalue weighted by atomic mass is 10.4. The van der Waals surface area contributed by atoms with Gasteiger partial charge in [0, 0.05) is 12.7 Å². The Labute approximate surface area is 89.4 Å². The molecule has 0 saturated carbocycles. The summed E-state index contributed by atoms with van der Waals surface area (Å²) in [4.78, 5) is 15.4. The minimum Gasteiger partial charge on any atom is -0.462 e. The first-order chi connectivity index (χ1) is 7.11. The van der Waals surface area contributed by atoms with Crippen molar-refractivity contribution < 1.29 is 9.53 Å². The van der Waals surface area contributed by atoms with Gasteiger partial charge in [-0.25, -0.2) is 4.98 Å². The quantitative estimate of drug-likeness (QED) is 0.723. The molecule has 0 spiro atoms. The predicted molar refractivity (Wildman–Crippen MR) is 56.2 cm³/mol. The molecule has 0 atom stereocenters. The number of imidazole rings is 1. The molecule has 1 heterocycles. The molecule has 0 fully saturated rings. The minimum atomic E-state index is -0.238. The first-order valence-corrected chi connectivity index (χ1v) is 4.96. The number of hydrogen-bond acceptors (Lipinski definition) is 4. The van der Waals surface area contributed by atoms with Gasteiger partial charge in [0.25, 0.3) is 0 Å². The van der Waals surface area contributed by atoms with Gasteiger partial charge in [0.15, 0.2) is 0 Å². The molecule has 1 aromatic rings. The van der Waals surface area contributed by atoms with E-state index in [-0.39, 0.29) is 18.6 Å². The van der Waals surface area contributed by atoms with Gasteiger partial charge in [-0.15, -0.1) is 0 Å². The van der Waals surface area contributed by atoms with Crippen molar-refractivity contribution >= 4 is 5.97 Å². The molecule has 0 amide bonds. The van der Waals surface area contributed by atoms with Gasteiger partial charge >= 0.3 is 5.97 Å². The Morgan fingerprint density at radius 1 is 1.67 bits per heavy atom. The fourth-order valence-corrected chi connectivity index (χ4v) is 1.21. The lowest BCUT2D eigenvalue weighted by Gasteiger charge is -2.07. The molecule has 0 bridgehead atoms. The highest BCUT2D eigenvalue weighted by atomic mass is 16.5. The number of carbonyl (C=O) groups excluding carboxylic acids is 1. The Bertz CT molecular complexity index is 320. The molecule has 0 aliphatic carbocycles. The molecule has 15 heavy (non-hydrogen) atoms. The lowest BCUT2D eigenvalue weighted by molar-refractivity contribution is -0.148. The molecule has 0 saturated heterocycles. The number of nitrogens with zero attached hydrogens (tertiary/aromatic N) is 2. The third-order valence-corrected chi connectivity index (χ3v) is 1.72. The Kier molecular flexibility index (Phi) is 4.30. The Morgan fingerprint density at radius 2 is 2.40 bits per heavy atom. The highest BCUT2D eigenvalue weighted by Crippen LogP contribution is 1.98. The molecule has 84 valence electrons. The van der Waals surface area contributed by atoms with Crippen molar-refractivity contribution in [2.45, 2.75) is 33.0 Å². The van der Waals surface area contributed by atoms with Crippen molar-refractivity contribution in [1.82, 2.24) is 14.9 Å². The van der Waals surface area contributed by atoms with E-state index >= 15 is 0 Å². The summed E-state index contributed by atoms with van der Waals surface area (Å²) >= 11 is 0. The summed E-state index contributed by atoms with van der Waals surface area (Å²) in [5, 5.41) is 2.99. The fourth-order valence-electron chi connectivity index (χ4n) is 1.21. The van der Waals surface area contributed by atoms with Crippen molar-refractivity contribution in [3.05, 3.63) is 18.2 Å². The summed E-state index contributed by atoms with van der Waals surface area (Å²) in [5.41, 5.74) is 0.912. The van der Waals surface area contributed by atoms with E-state index < -0.39 is 0 Å². The van der Waals surface area contributed by atoms with Gasteiger partial charge in [-0.2, -0.15) is 0 Å². The molecular weight excluding hydrogens is 194 g/mol. The van der Waals surface area contributed by atoms with E-state index in [1.165, 1.54) is 0 Å². The van der Waals surface area contributed by atoms with E-state index in [4.69, 9.17) is 4.74 Å². The van der Waals surface area contributed by atoms with Crippen LogP contribution in [-0.4, -0.2) is 28.7 Å². The summed E-state index contributed by atoms with van der Waals surface area (Å²) in [6.45, 7) is 4.58. The minimum absolute atomic E-state index is 0.0715. The van der Waals surface area contributed by atoms with Crippen molar-refractivity contribution in [2.75, 3.05) is 7.05 Å². The van der Waals surface area contributed by atoms with E-state index in [2.05, 4.69) is 10.3 Å². The standard InChI is InChI=1S/C10H17N3O2/c1-8(2)15-10(14)6-13-5-9(4-11-3)12-7-13/h5,7-8,11H,4,6H2,1-3H3. The zero-order valence-corrected chi connectivity index (χ0v) is 9.36. The van der Waals surface area contributed by atoms with Crippen molar-refractivity contribution in [3.8, 4) is 0 Å². The van der Waals surface area contributed by atoms with Gasteiger partial charge in [-0.1, -0.05) is 0 Å². The first-order valence-electron chi connectivity index (χ1n) is 4.96. The second-order valence-corrected chi connectivity index (χ2v) is 3.61. The molecule has 0 radical (unpaired) electrons. The number of rotatable bonds is 5. The molecule has 0 aliphatic heterocycles. The molecule has 5 nitrogen and oxygen atoms in total. The predicted octanol–water partition coefficient (Wildman–Crippen LogP) is 0.554. The van der Waals surface area contributed by atoms with Crippen LogP contribution in [0, 0.1) is 0 Å². The monoisotopic (exact) mass is 211 g/mol. The van der Waals surface area contributed by atoms with Crippen molar-refractivity contribution in [1.29, 1.82) is 0 Å². The molecule has 1 rings (SSSR count). The molecule has 0 unspecified atom stereocenters. The SMILES string of the molecule is CNCc1cn(CC(=O)OC(C)C)cn1. The van der Waals surface area contributed by atoms with E-state index in [0.717, 1.165) is 5.69 Å². The van der Waals surface area contributed by atoms with Crippen LogP contribution in [0.4, 0.5) is 0 Å². The Hall–Kier alpha value is -1.36. The second-order valence-electron chi connectivity index (χ2n) is 3.61. The van der Waals surface area contributed by atoms with Crippen LogP contribution in [0.15, 0.2) is 12.5 Å². The van der Waals surface area contributed by atoms with Gasteiger partial charge in [-0.3, -0.25) is 4.79 Å². The molecule has 1 N–H and O–H groups in total. The van der Waals surface area contributed by atoms with E-state index in [9.17, 15) is 4.79 Å². The van der Waals surface area contributed by atoms with Gasteiger partial charge in [0.1, 0.15) is 6.54 Å². The highest BCUT2D eigenvalue weighted by Gasteiger charge is 2.06. The number of aromatic nitrogens is 2. The number of nitrogens with one attached hydrogen (secondary N) is 1. The summed E-state index contributed by atoms with van der Waals surface area (Å²) in [6, 6.07) is 0. The van der Waals surface area contributed by atoms with Crippen LogP contribution in [0.3, 0.4) is 0 Å². The van der Waals surface area contributed by atoms with Gasteiger partial charge in [0.2, 0.25) is 0 Å². The molecule has 1 aromatic heterocycles. The van der Waals surface area contributed by atoms with E-state index in [1.807, 2.05) is 27.1 Å². The van der Waals surface area contributed by atoms with Crippen LogP contribution in [0.25, 0.3) is 0 Å². The third kappa shape index (κ3) is 4.12. The summed E-state index contributed by atoms with van der Waals surface area (Å²) in [5.74, 6) is -0.238. The van der Waals surface area contributed by atoms with Crippen LogP contribution in [-0.2, 0) is 22.6 Å². The van der Waals surface area contributed by atoms with Crippen LogP contribution in [0.2, 0.25) is 0 Å². The number of ether oxygens (including phenoxy) is 1. The van der Waals surface area contributed by atoms with Crippen LogP contribution in [0.5, 0.6) is 0 Å². The van der Waals surface area contributed by atoms with Crippen LogP contribution < -0.4 is 5.32 Å². The van der Waals surface area contributed by atoms with Crippen molar-refractivity contribution in [2.24, 2.45) is 0 Å². The molecule has 5 heteroatoms. The average molecular weight is 211 g/mol. The molecular formula is C10H17N3O2. The average Bonchev–Trinajstić information content (AvgIpc) is 2.51. The maximum absolute atomic E-state index is 11.3. The van der Waals surface area contributed by atoms with Crippen molar-refractivity contribution in [3.63, 3.8) is 0 Å². The normalized spacial score (nSPS) is 10.7.